The van der Waals surface area contributed by atoms with Crippen molar-refractivity contribution in [2.45, 2.75) is 5.75 Å². The number of thioether (sulfide) groups is 1. The molecule has 7 heteroatoms. The molecule has 0 unspecified atom stereocenters. The second-order valence-corrected chi connectivity index (χ2v) is 5.85. The van der Waals surface area contributed by atoms with Crippen molar-refractivity contribution in [2.24, 2.45) is 0 Å². The minimum Gasteiger partial charge on any atom is -0.382 e. The quantitative estimate of drug-likeness (QED) is 0.591. The molecular weight excluding hydrogens is 282 g/mol. The molecule has 0 spiro atoms. The Bertz CT molecular complexity index is 346. The lowest BCUT2D eigenvalue weighted by molar-refractivity contribution is -0.131. The summed E-state index contributed by atoms with van der Waals surface area (Å²) in [5.41, 5.74) is 2.35. The van der Waals surface area contributed by atoms with E-state index in [-0.39, 0.29) is 5.91 Å². The van der Waals surface area contributed by atoms with E-state index >= 15 is 0 Å². The van der Waals surface area contributed by atoms with Gasteiger partial charge in [0.05, 0.1) is 23.3 Å². The first-order chi connectivity index (χ1) is 8.22. The highest BCUT2D eigenvalue weighted by atomic mass is 35.5. The maximum Gasteiger partial charge on any atom is 0.253 e. The lowest BCUT2D eigenvalue weighted by Gasteiger charge is -2.04. The average molecular weight is 296 g/mol. The SMILES string of the molecule is COCCONC(=O)CSCc1ccc(Cl)s1. The number of nitrogens with one attached hydrogen (secondary N) is 1. The topological polar surface area (TPSA) is 47.6 Å². The first-order valence-electron chi connectivity index (χ1n) is 4.94. The van der Waals surface area contributed by atoms with Gasteiger partial charge in [-0.2, -0.15) is 0 Å². The summed E-state index contributed by atoms with van der Waals surface area (Å²) >= 11 is 8.85. The molecule has 0 aliphatic heterocycles. The molecule has 0 radical (unpaired) electrons. The van der Waals surface area contributed by atoms with Crippen molar-refractivity contribution in [3.8, 4) is 0 Å². The molecule has 0 saturated heterocycles. The molecule has 0 bridgehead atoms. The Hall–Kier alpha value is -0.270. The number of carbonyl (C=O) groups excluding carboxylic acids is 1. The van der Waals surface area contributed by atoms with Crippen LogP contribution in [0.4, 0.5) is 0 Å². The largest absolute Gasteiger partial charge is 0.382 e. The van der Waals surface area contributed by atoms with Gasteiger partial charge in [0.2, 0.25) is 0 Å². The zero-order chi connectivity index (χ0) is 12.5. The number of thiophene rings is 1. The maximum atomic E-state index is 11.3. The number of hydrogen-bond donors (Lipinski definition) is 1. The molecule has 1 aromatic heterocycles. The summed E-state index contributed by atoms with van der Waals surface area (Å²) in [6.07, 6.45) is 0. The summed E-state index contributed by atoms with van der Waals surface area (Å²) in [5.74, 6) is 1.000. The van der Waals surface area contributed by atoms with Gasteiger partial charge in [-0.15, -0.1) is 23.1 Å². The van der Waals surface area contributed by atoms with Crippen LogP contribution >= 0.6 is 34.7 Å². The molecule has 0 aliphatic carbocycles. The van der Waals surface area contributed by atoms with Crippen LogP contribution in [0.15, 0.2) is 12.1 Å². The summed E-state index contributed by atoms with van der Waals surface area (Å²) in [6.45, 7) is 0.814. The van der Waals surface area contributed by atoms with E-state index in [1.807, 2.05) is 12.1 Å². The molecule has 0 aromatic carbocycles. The Labute approximate surface area is 114 Å². The van der Waals surface area contributed by atoms with Crippen LogP contribution in [-0.4, -0.2) is 32.0 Å². The van der Waals surface area contributed by atoms with Crippen molar-refractivity contribution < 1.29 is 14.4 Å². The van der Waals surface area contributed by atoms with E-state index in [1.54, 1.807) is 7.11 Å². The van der Waals surface area contributed by atoms with Gasteiger partial charge < -0.3 is 4.74 Å². The molecule has 96 valence electrons. The van der Waals surface area contributed by atoms with Gasteiger partial charge in [-0.05, 0) is 12.1 Å². The van der Waals surface area contributed by atoms with E-state index in [0.717, 1.165) is 15.0 Å². The van der Waals surface area contributed by atoms with Crippen molar-refractivity contribution in [3.63, 3.8) is 0 Å². The predicted molar refractivity (Wildman–Crippen MR) is 71.5 cm³/mol. The van der Waals surface area contributed by atoms with Gasteiger partial charge in [-0.3, -0.25) is 9.63 Å². The minimum absolute atomic E-state index is 0.145. The fraction of sp³-hybridized carbons (Fsp3) is 0.500. The first kappa shape index (κ1) is 14.8. The minimum atomic E-state index is -0.145. The Morgan fingerprint density at radius 2 is 2.35 bits per heavy atom. The normalized spacial score (nSPS) is 10.5. The number of carbonyl (C=O) groups is 1. The standard InChI is InChI=1S/C10H14ClNO3S2/c1-14-4-5-15-12-10(13)7-16-6-8-2-3-9(11)17-8/h2-3H,4-7H2,1H3,(H,12,13). The molecule has 4 nitrogen and oxygen atoms in total. The molecule has 1 heterocycles. The molecule has 1 rings (SSSR count). The van der Waals surface area contributed by atoms with Gasteiger partial charge in [0.25, 0.3) is 5.91 Å². The number of ether oxygens (including phenoxy) is 1. The molecule has 17 heavy (non-hydrogen) atoms. The van der Waals surface area contributed by atoms with Crippen molar-refractivity contribution in [1.29, 1.82) is 0 Å². The molecule has 0 saturated carbocycles. The number of rotatable bonds is 8. The predicted octanol–water partition coefficient (Wildman–Crippen LogP) is 2.33. The van der Waals surface area contributed by atoms with Crippen LogP contribution < -0.4 is 5.48 Å². The average Bonchev–Trinajstić information content (AvgIpc) is 2.71. The van der Waals surface area contributed by atoms with Crippen LogP contribution in [0, 0.1) is 0 Å². The second kappa shape index (κ2) is 8.77. The fourth-order valence-electron chi connectivity index (χ4n) is 0.960. The van der Waals surface area contributed by atoms with Gasteiger partial charge in [0, 0.05) is 17.7 Å². The molecule has 0 atom stereocenters. The van der Waals surface area contributed by atoms with Gasteiger partial charge in [0.15, 0.2) is 0 Å². The summed E-state index contributed by atoms with van der Waals surface area (Å²) in [7, 11) is 1.58. The highest BCUT2D eigenvalue weighted by Gasteiger charge is 2.03. The van der Waals surface area contributed by atoms with E-state index in [4.69, 9.17) is 21.2 Å². The summed E-state index contributed by atoms with van der Waals surface area (Å²) in [5, 5.41) is 0. The van der Waals surface area contributed by atoms with Crippen LogP contribution in [0.3, 0.4) is 0 Å². The van der Waals surface area contributed by atoms with E-state index in [1.165, 1.54) is 23.1 Å². The second-order valence-electron chi connectivity index (χ2n) is 3.07. The Kier molecular flexibility index (Phi) is 7.63. The van der Waals surface area contributed by atoms with Crippen molar-refractivity contribution >= 4 is 40.6 Å². The Morgan fingerprint density at radius 1 is 1.53 bits per heavy atom. The van der Waals surface area contributed by atoms with Crippen molar-refractivity contribution in [2.75, 3.05) is 26.1 Å². The van der Waals surface area contributed by atoms with Gasteiger partial charge >= 0.3 is 0 Å². The third kappa shape index (κ3) is 6.90. The van der Waals surface area contributed by atoms with Crippen molar-refractivity contribution in [3.05, 3.63) is 21.3 Å². The van der Waals surface area contributed by atoms with Gasteiger partial charge in [-0.25, -0.2) is 5.48 Å². The zero-order valence-corrected chi connectivity index (χ0v) is 11.8. The number of amides is 1. The molecule has 1 N–H and O–H groups in total. The summed E-state index contributed by atoms with van der Waals surface area (Å²) in [6, 6.07) is 3.82. The fourth-order valence-corrected chi connectivity index (χ4v) is 2.97. The lowest BCUT2D eigenvalue weighted by atomic mass is 10.5. The number of hydroxylamine groups is 1. The Balaban J connectivity index is 2.04. The van der Waals surface area contributed by atoms with Crippen LogP contribution in [0.25, 0.3) is 0 Å². The van der Waals surface area contributed by atoms with E-state index < -0.39 is 0 Å². The third-order valence-corrected chi connectivity index (χ3v) is 4.08. The van der Waals surface area contributed by atoms with E-state index in [9.17, 15) is 4.79 Å². The molecule has 1 amide bonds. The highest BCUT2D eigenvalue weighted by Crippen LogP contribution is 2.24. The molecule has 1 aromatic rings. The van der Waals surface area contributed by atoms with Gasteiger partial charge in [-0.1, -0.05) is 11.6 Å². The smallest absolute Gasteiger partial charge is 0.253 e. The van der Waals surface area contributed by atoms with E-state index in [0.29, 0.717) is 19.0 Å². The molecular formula is C10H14ClNO3S2. The van der Waals surface area contributed by atoms with E-state index in [2.05, 4.69) is 5.48 Å². The van der Waals surface area contributed by atoms with Crippen LogP contribution in [-0.2, 0) is 20.1 Å². The monoisotopic (exact) mass is 295 g/mol. The number of hydrogen-bond acceptors (Lipinski definition) is 5. The Morgan fingerprint density at radius 3 is 3.00 bits per heavy atom. The molecule has 0 aliphatic rings. The molecule has 0 fully saturated rings. The van der Waals surface area contributed by atoms with Gasteiger partial charge in [0.1, 0.15) is 0 Å². The van der Waals surface area contributed by atoms with Crippen LogP contribution in [0.1, 0.15) is 4.88 Å². The summed E-state index contributed by atoms with van der Waals surface area (Å²) < 4.78 is 5.54. The number of halogens is 1. The maximum absolute atomic E-state index is 11.3. The highest BCUT2D eigenvalue weighted by molar-refractivity contribution is 7.99. The first-order valence-corrected chi connectivity index (χ1v) is 7.29. The lowest BCUT2D eigenvalue weighted by Crippen LogP contribution is -2.26. The van der Waals surface area contributed by atoms with Crippen LogP contribution in [0.5, 0.6) is 0 Å². The zero-order valence-electron chi connectivity index (χ0n) is 9.40. The van der Waals surface area contributed by atoms with Crippen molar-refractivity contribution in [1.82, 2.24) is 5.48 Å². The van der Waals surface area contributed by atoms with Crippen LogP contribution in [0.2, 0.25) is 4.34 Å². The summed E-state index contributed by atoms with van der Waals surface area (Å²) in [4.78, 5) is 17.3. The number of methoxy groups -OCH3 is 1. The third-order valence-electron chi connectivity index (χ3n) is 1.68.